The number of hydrogen-bond donors (Lipinski definition) is 4. The number of primary amides is 2. The Morgan fingerprint density at radius 2 is 1.66 bits per heavy atom. The van der Waals surface area contributed by atoms with Crippen LogP contribution in [0.3, 0.4) is 0 Å². The van der Waals surface area contributed by atoms with Crippen LogP contribution in [0.4, 0.5) is 0 Å². The van der Waals surface area contributed by atoms with E-state index in [2.05, 4.69) is 22.2 Å². The van der Waals surface area contributed by atoms with Gasteiger partial charge in [0.25, 0.3) is 11.8 Å². The van der Waals surface area contributed by atoms with Crippen LogP contribution in [0.2, 0.25) is 5.02 Å². The standard InChI is InChI=1S/C9H7ClN2O.C9H12N2OS.C6H12.C2H7N/c10-6-1-2-7-5(3-6)4-8(12-7)9(11)13;1-5-2-3-6-7(4-5)13-9(11-6)8(10)12;1-2-4-6-5-3-1;1-3-2/h1-4,12H,(H2,11,13);5H,2-4H2,1H3,(H2,10,12);1-6H2;3H,1-2H3. The quantitative estimate of drug-likeness (QED) is 0.358. The number of carbonyl (C=O) groups is 2. The summed E-state index contributed by atoms with van der Waals surface area (Å²) in [4.78, 5) is 30.1. The van der Waals surface area contributed by atoms with Gasteiger partial charge in [-0.15, -0.1) is 11.3 Å². The fourth-order valence-electron chi connectivity index (χ4n) is 3.94. The molecule has 3 aromatic rings. The molecule has 1 unspecified atom stereocenters. The number of nitrogens with two attached hydrogens (primary N) is 2. The number of nitrogens with one attached hydrogen (secondary N) is 2. The van der Waals surface area contributed by atoms with Gasteiger partial charge in [-0.25, -0.2) is 4.98 Å². The Bertz CT molecular complexity index is 1080. The number of thiazole rings is 1. The number of benzene rings is 1. The first-order valence-corrected chi connectivity index (χ1v) is 13.4. The summed E-state index contributed by atoms with van der Waals surface area (Å²) in [5.41, 5.74) is 12.6. The molecule has 9 heteroatoms. The minimum atomic E-state index is -0.465. The van der Waals surface area contributed by atoms with E-state index in [-0.39, 0.29) is 0 Å². The maximum Gasteiger partial charge on any atom is 0.277 e. The summed E-state index contributed by atoms with van der Waals surface area (Å²) in [5.74, 6) is -0.145. The van der Waals surface area contributed by atoms with Gasteiger partial charge in [-0.2, -0.15) is 0 Å². The van der Waals surface area contributed by atoms with Crippen LogP contribution in [0, 0.1) is 5.92 Å². The van der Waals surface area contributed by atoms with Gasteiger partial charge in [0, 0.05) is 20.8 Å². The molecule has 1 saturated carbocycles. The van der Waals surface area contributed by atoms with E-state index in [9.17, 15) is 9.59 Å². The van der Waals surface area contributed by atoms with E-state index in [4.69, 9.17) is 23.1 Å². The van der Waals surface area contributed by atoms with Crippen LogP contribution < -0.4 is 16.8 Å². The molecular weight excluding hydrogens is 482 g/mol. The molecule has 6 N–H and O–H groups in total. The topological polar surface area (TPSA) is 127 Å². The van der Waals surface area contributed by atoms with E-state index in [0.29, 0.717) is 21.6 Å². The molecule has 192 valence electrons. The number of amides is 2. The molecular formula is C26H38ClN5O2S. The van der Waals surface area contributed by atoms with Crippen LogP contribution >= 0.6 is 22.9 Å². The molecule has 1 aromatic carbocycles. The number of carbonyl (C=O) groups excluding carboxylic acids is 2. The fourth-order valence-corrected chi connectivity index (χ4v) is 5.25. The van der Waals surface area contributed by atoms with Crippen molar-refractivity contribution in [1.82, 2.24) is 15.3 Å². The first-order chi connectivity index (χ1) is 16.7. The van der Waals surface area contributed by atoms with Crippen LogP contribution in [0.1, 0.15) is 82.7 Å². The Labute approximate surface area is 217 Å². The molecule has 7 nitrogen and oxygen atoms in total. The Balaban J connectivity index is 0.000000185. The van der Waals surface area contributed by atoms with Gasteiger partial charge in [-0.05, 0) is 63.5 Å². The largest absolute Gasteiger partial charge is 0.364 e. The molecule has 0 radical (unpaired) electrons. The minimum Gasteiger partial charge on any atom is -0.364 e. The van der Waals surface area contributed by atoms with E-state index >= 15 is 0 Å². The summed E-state index contributed by atoms with van der Waals surface area (Å²) < 4.78 is 0. The van der Waals surface area contributed by atoms with Crippen LogP contribution in [-0.2, 0) is 12.8 Å². The molecule has 1 fully saturated rings. The van der Waals surface area contributed by atoms with Crippen LogP contribution in [0.5, 0.6) is 0 Å². The van der Waals surface area contributed by atoms with Crippen molar-refractivity contribution in [3.63, 3.8) is 0 Å². The van der Waals surface area contributed by atoms with Crippen LogP contribution in [0.25, 0.3) is 10.9 Å². The molecule has 35 heavy (non-hydrogen) atoms. The van der Waals surface area contributed by atoms with Gasteiger partial charge in [0.1, 0.15) is 5.69 Å². The molecule has 2 aliphatic carbocycles. The van der Waals surface area contributed by atoms with Gasteiger partial charge in [0.15, 0.2) is 5.01 Å². The normalized spacial score (nSPS) is 16.4. The second kappa shape index (κ2) is 14.9. The van der Waals surface area contributed by atoms with Gasteiger partial charge in [-0.3, -0.25) is 9.59 Å². The molecule has 2 aromatic heterocycles. The van der Waals surface area contributed by atoms with Gasteiger partial charge in [0.2, 0.25) is 0 Å². The van der Waals surface area contributed by atoms with Crippen molar-refractivity contribution in [3.8, 4) is 0 Å². The lowest BCUT2D eigenvalue weighted by Gasteiger charge is -2.15. The number of aryl methyl sites for hydroxylation is 1. The molecule has 2 amide bonds. The molecule has 5 rings (SSSR count). The zero-order valence-corrected chi connectivity index (χ0v) is 22.5. The van der Waals surface area contributed by atoms with Crippen molar-refractivity contribution < 1.29 is 9.59 Å². The van der Waals surface area contributed by atoms with Crippen molar-refractivity contribution in [2.75, 3.05) is 14.1 Å². The molecule has 0 bridgehead atoms. The highest BCUT2D eigenvalue weighted by Crippen LogP contribution is 2.29. The lowest BCUT2D eigenvalue weighted by Crippen LogP contribution is -2.11. The van der Waals surface area contributed by atoms with E-state index in [1.807, 2.05) is 20.2 Å². The van der Waals surface area contributed by atoms with E-state index in [0.717, 1.165) is 29.4 Å². The van der Waals surface area contributed by atoms with Crippen molar-refractivity contribution in [3.05, 3.63) is 50.6 Å². The van der Waals surface area contributed by atoms with Crippen LogP contribution in [0.15, 0.2) is 24.3 Å². The smallest absolute Gasteiger partial charge is 0.277 e. The second-order valence-electron chi connectivity index (χ2n) is 9.00. The number of aromatic nitrogens is 2. The Morgan fingerprint density at radius 1 is 1.06 bits per heavy atom. The number of rotatable bonds is 2. The highest BCUT2D eigenvalue weighted by atomic mass is 35.5. The number of halogens is 1. The third kappa shape index (κ3) is 9.63. The minimum absolute atomic E-state index is 0.396. The van der Waals surface area contributed by atoms with E-state index < -0.39 is 11.8 Å². The highest BCUT2D eigenvalue weighted by molar-refractivity contribution is 7.13. The molecule has 2 aliphatic rings. The zero-order valence-electron chi connectivity index (χ0n) is 21.0. The average Bonchev–Trinajstić information content (AvgIpc) is 3.45. The van der Waals surface area contributed by atoms with Crippen molar-refractivity contribution >= 4 is 45.7 Å². The van der Waals surface area contributed by atoms with Gasteiger partial charge < -0.3 is 21.8 Å². The molecule has 0 saturated heterocycles. The van der Waals surface area contributed by atoms with E-state index in [1.165, 1.54) is 61.2 Å². The Morgan fingerprint density at radius 3 is 2.20 bits per heavy atom. The first-order valence-electron chi connectivity index (χ1n) is 12.2. The lowest BCUT2D eigenvalue weighted by atomic mass is 9.93. The average molecular weight is 520 g/mol. The third-order valence-corrected chi connectivity index (χ3v) is 7.11. The SMILES string of the molecule is C1CCCCC1.CC1CCc2nc(C(N)=O)sc2C1.CNC.NC(=O)c1cc2cc(Cl)ccc2[nH]1. The Hall–Kier alpha value is -2.42. The predicted molar refractivity (Wildman–Crippen MR) is 146 cm³/mol. The first kappa shape index (κ1) is 28.8. The third-order valence-electron chi connectivity index (χ3n) is 5.75. The van der Waals surface area contributed by atoms with E-state index in [1.54, 1.807) is 18.2 Å². The number of aromatic amines is 1. The summed E-state index contributed by atoms with van der Waals surface area (Å²) in [5, 5.41) is 4.75. The van der Waals surface area contributed by atoms with Gasteiger partial charge in [-0.1, -0.05) is 57.0 Å². The number of H-pyrrole nitrogens is 1. The lowest BCUT2D eigenvalue weighted by molar-refractivity contribution is 0.0989. The summed E-state index contributed by atoms with van der Waals surface area (Å²) in [7, 11) is 3.75. The maximum atomic E-state index is 10.9. The van der Waals surface area contributed by atoms with Gasteiger partial charge in [0.05, 0.1) is 5.69 Å². The molecule has 1 atom stereocenters. The molecule has 0 aliphatic heterocycles. The van der Waals surface area contributed by atoms with Crippen molar-refractivity contribution in [1.29, 1.82) is 0 Å². The zero-order chi connectivity index (χ0) is 25.8. The number of fused-ring (bicyclic) bond motifs is 2. The maximum absolute atomic E-state index is 10.9. The van der Waals surface area contributed by atoms with Crippen LogP contribution in [-0.4, -0.2) is 35.9 Å². The fraction of sp³-hybridized carbons (Fsp3) is 0.500. The van der Waals surface area contributed by atoms with Gasteiger partial charge >= 0.3 is 0 Å². The Kier molecular flexibility index (Phi) is 12.2. The number of nitrogens with zero attached hydrogens (tertiary/aromatic N) is 1. The summed E-state index contributed by atoms with van der Waals surface area (Å²) >= 11 is 7.24. The monoisotopic (exact) mass is 519 g/mol. The van der Waals surface area contributed by atoms with Crippen molar-refractivity contribution in [2.24, 2.45) is 17.4 Å². The predicted octanol–water partition coefficient (Wildman–Crippen LogP) is 5.46. The van der Waals surface area contributed by atoms with Crippen molar-refractivity contribution in [2.45, 2.75) is 64.7 Å². The second-order valence-corrected chi connectivity index (χ2v) is 10.5. The number of hydrogen-bond acceptors (Lipinski definition) is 5. The summed E-state index contributed by atoms with van der Waals surface area (Å²) in [6, 6.07) is 7.03. The molecule has 0 spiro atoms. The summed E-state index contributed by atoms with van der Waals surface area (Å²) in [6.07, 6.45) is 12.2. The summed E-state index contributed by atoms with van der Waals surface area (Å²) in [6.45, 7) is 2.23. The molecule has 2 heterocycles. The highest BCUT2D eigenvalue weighted by Gasteiger charge is 2.21.